The summed E-state index contributed by atoms with van der Waals surface area (Å²) >= 11 is 0. The van der Waals surface area contributed by atoms with Crippen LogP contribution in [0.2, 0.25) is 0 Å². The molecule has 0 heterocycles. The summed E-state index contributed by atoms with van der Waals surface area (Å²) in [6, 6.07) is 71.9. The summed E-state index contributed by atoms with van der Waals surface area (Å²) in [6.45, 7) is 4.76. The SMILES string of the molecule is CC1(C)c2ccccc2-c2ccc(C(c3ccc(-c4ccccc4)cc3)c3ccc(-c4ccc(-c5ccc6c(c5)-c5ccccc5C65C6CC7CC(C6)CC5C7)cc4)cc3)cc21. The first-order valence-electron chi connectivity index (χ1n) is 23.3. The Morgan fingerprint density at radius 2 is 0.774 bits per heavy atom. The normalized spacial score (nSPS) is 23.5. The largest absolute Gasteiger partial charge is 0.0622 e. The smallest absolute Gasteiger partial charge is 0.0340 e. The maximum atomic E-state index is 2.55. The van der Waals surface area contributed by atoms with Crippen molar-refractivity contribution in [3.63, 3.8) is 0 Å². The highest BCUT2D eigenvalue weighted by Crippen LogP contribution is 2.69. The second kappa shape index (κ2) is 13.6. The average molecular weight is 797 g/mol. The van der Waals surface area contributed by atoms with Crippen LogP contribution < -0.4 is 0 Å². The standard InChI is InChI=1S/C62H52/c1-61(2)56-14-8-6-12-52(56)54-30-28-49(38-59(54)61)60(46-24-20-42(21-25-46)41-10-4-3-5-11-41)47-26-22-44(23-27-47)43-16-18-45(19-17-43)48-29-31-58-55(37-48)53-13-7-9-15-57(53)62(58)50-33-39-32-40(35-50)36-51(62)34-39/h3-31,37-40,50-51,60H,32-36H2,1-2H3. The van der Waals surface area contributed by atoms with Crippen LogP contribution in [0.1, 0.15) is 90.8 Å². The molecular weight excluding hydrogens is 745 g/mol. The number of hydrogen-bond donors (Lipinski definition) is 0. The van der Waals surface area contributed by atoms with Crippen molar-refractivity contribution >= 4 is 0 Å². The van der Waals surface area contributed by atoms with Crippen LogP contribution in [0.25, 0.3) is 55.6 Å². The topological polar surface area (TPSA) is 0 Å². The number of fused-ring (bicyclic) bond motifs is 6. The van der Waals surface area contributed by atoms with E-state index in [1.165, 1.54) is 116 Å². The first kappa shape index (κ1) is 36.4. The number of hydrogen-bond acceptors (Lipinski definition) is 0. The molecule has 1 atom stereocenters. The monoisotopic (exact) mass is 796 g/mol. The van der Waals surface area contributed by atoms with E-state index in [9.17, 15) is 0 Å². The van der Waals surface area contributed by atoms with Crippen LogP contribution in [0.5, 0.6) is 0 Å². The first-order chi connectivity index (χ1) is 30.4. The molecule has 0 saturated heterocycles. The lowest BCUT2D eigenvalue weighted by atomic mass is 9.43. The van der Waals surface area contributed by atoms with Gasteiger partial charge in [-0.2, -0.15) is 0 Å². The van der Waals surface area contributed by atoms with Crippen LogP contribution in [0.4, 0.5) is 0 Å². The molecule has 8 aromatic rings. The molecule has 300 valence electrons. The van der Waals surface area contributed by atoms with E-state index < -0.39 is 0 Å². The minimum Gasteiger partial charge on any atom is -0.0622 e. The van der Waals surface area contributed by atoms with Gasteiger partial charge in [-0.1, -0.05) is 196 Å². The maximum Gasteiger partial charge on any atom is 0.0340 e. The zero-order valence-electron chi connectivity index (χ0n) is 35.8. The third kappa shape index (κ3) is 5.32. The first-order valence-corrected chi connectivity index (χ1v) is 23.3. The second-order valence-electron chi connectivity index (χ2n) is 20.1. The molecule has 0 heteroatoms. The number of benzene rings is 8. The molecule has 1 unspecified atom stereocenters. The minimum absolute atomic E-state index is 0.0547. The van der Waals surface area contributed by atoms with Gasteiger partial charge in [0.25, 0.3) is 0 Å². The lowest BCUT2D eigenvalue weighted by Gasteiger charge is -2.61. The zero-order chi connectivity index (χ0) is 41.2. The van der Waals surface area contributed by atoms with Crippen molar-refractivity contribution in [1.29, 1.82) is 0 Å². The van der Waals surface area contributed by atoms with E-state index in [2.05, 4.69) is 202 Å². The van der Waals surface area contributed by atoms with Gasteiger partial charge in [0.15, 0.2) is 0 Å². The van der Waals surface area contributed by atoms with E-state index in [0.717, 1.165) is 23.7 Å². The van der Waals surface area contributed by atoms with Gasteiger partial charge < -0.3 is 0 Å². The van der Waals surface area contributed by atoms with Crippen molar-refractivity contribution in [2.24, 2.45) is 23.7 Å². The number of rotatable bonds is 6. The van der Waals surface area contributed by atoms with Crippen LogP contribution in [-0.2, 0) is 10.8 Å². The molecule has 14 rings (SSSR count). The molecule has 0 N–H and O–H groups in total. The predicted octanol–water partition coefficient (Wildman–Crippen LogP) is 15.9. The van der Waals surface area contributed by atoms with Crippen molar-refractivity contribution in [3.8, 4) is 55.6 Å². The highest BCUT2D eigenvalue weighted by molar-refractivity contribution is 5.86. The molecule has 8 aromatic carbocycles. The van der Waals surface area contributed by atoms with Crippen molar-refractivity contribution in [1.82, 2.24) is 0 Å². The van der Waals surface area contributed by atoms with Gasteiger partial charge in [0.1, 0.15) is 0 Å². The molecule has 1 spiro atoms. The quantitative estimate of drug-likeness (QED) is 0.147. The molecular formula is C62H52. The van der Waals surface area contributed by atoms with Crippen LogP contribution in [-0.4, -0.2) is 0 Å². The molecule has 6 aliphatic rings. The Kier molecular flexibility index (Phi) is 8.01. The van der Waals surface area contributed by atoms with Gasteiger partial charge in [-0.15, -0.1) is 0 Å². The summed E-state index contributed by atoms with van der Waals surface area (Å²) < 4.78 is 0. The Hall–Kier alpha value is -6.24. The van der Waals surface area contributed by atoms with Crippen LogP contribution in [0.15, 0.2) is 188 Å². The highest BCUT2D eigenvalue weighted by atomic mass is 14.6. The molecule has 0 aliphatic heterocycles. The fraction of sp³-hybridized carbons (Fsp3) is 0.226. The van der Waals surface area contributed by atoms with Crippen molar-refractivity contribution in [3.05, 3.63) is 227 Å². The van der Waals surface area contributed by atoms with Gasteiger partial charge >= 0.3 is 0 Å². The summed E-state index contributed by atoms with van der Waals surface area (Å²) in [5.74, 6) is 3.62. The summed E-state index contributed by atoms with van der Waals surface area (Å²) in [7, 11) is 0. The molecule has 0 nitrogen and oxygen atoms in total. The third-order valence-corrected chi connectivity index (χ3v) is 16.6. The second-order valence-corrected chi connectivity index (χ2v) is 20.1. The van der Waals surface area contributed by atoms with Gasteiger partial charge in [0.05, 0.1) is 0 Å². The molecule has 4 saturated carbocycles. The Labute approximate surface area is 367 Å². The lowest BCUT2D eigenvalue weighted by Crippen LogP contribution is -2.55. The minimum atomic E-state index is -0.0547. The fourth-order valence-corrected chi connectivity index (χ4v) is 14.0. The third-order valence-electron chi connectivity index (χ3n) is 16.6. The van der Waals surface area contributed by atoms with Crippen LogP contribution in [0.3, 0.4) is 0 Å². The predicted molar refractivity (Wildman–Crippen MR) is 257 cm³/mol. The molecule has 4 bridgehead atoms. The summed E-state index contributed by atoms with van der Waals surface area (Å²) in [4.78, 5) is 0. The highest BCUT2D eigenvalue weighted by Gasteiger charge is 2.61. The Morgan fingerprint density at radius 1 is 0.339 bits per heavy atom. The maximum absolute atomic E-state index is 2.55. The molecule has 4 fully saturated rings. The molecule has 62 heavy (non-hydrogen) atoms. The zero-order valence-corrected chi connectivity index (χ0v) is 35.8. The summed E-state index contributed by atoms with van der Waals surface area (Å²) in [5.41, 5.74) is 23.5. The van der Waals surface area contributed by atoms with Gasteiger partial charge in [0.2, 0.25) is 0 Å². The van der Waals surface area contributed by atoms with E-state index in [1.807, 2.05) is 0 Å². The van der Waals surface area contributed by atoms with Gasteiger partial charge in [-0.05, 0) is 156 Å². The Morgan fingerprint density at radius 3 is 1.39 bits per heavy atom. The van der Waals surface area contributed by atoms with Crippen molar-refractivity contribution in [2.45, 2.75) is 62.7 Å². The average Bonchev–Trinajstić information content (AvgIpc) is 3.74. The van der Waals surface area contributed by atoms with E-state index in [-0.39, 0.29) is 16.7 Å². The molecule has 0 aromatic heterocycles. The van der Waals surface area contributed by atoms with E-state index in [4.69, 9.17) is 0 Å². The molecule has 6 aliphatic carbocycles. The van der Waals surface area contributed by atoms with E-state index >= 15 is 0 Å². The molecule has 0 amide bonds. The van der Waals surface area contributed by atoms with Gasteiger partial charge in [-0.3, -0.25) is 0 Å². The van der Waals surface area contributed by atoms with Crippen LogP contribution >= 0.6 is 0 Å². The van der Waals surface area contributed by atoms with E-state index in [0.29, 0.717) is 0 Å². The Bertz CT molecular complexity index is 2990. The van der Waals surface area contributed by atoms with Crippen LogP contribution in [0, 0.1) is 23.7 Å². The van der Waals surface area contributed by atoms with Crippen molar-refractivity contribution < 1.29 is 0 Å². The van der Waals surface area contributed by atoms with Gasteiger partial charge in [0, 0.05) is 16.7 Å². The fourth-order valence-electron chi connectivity index (χ4n) is 14.0. The van der Waals surface area contributed by atoms with E-state index in [1.54, 1.807) is 11.1 Å². The summed E-state index contributed by atoms with van der Waals surface area (Å²) in [5, 5.41) is 0. The Balaban J connectivity index is 0.828. The van der Waals surface area contributed by atoms with Gasteiger partial charge in [-0.25, -0.2) is 0 Å². The van der Waals surface area contributed by atoms with Crippen molar-refractivity contribution in [2.75, 3.05) is 0 Å². The lowest BCUT2D eigenvalue weighted by molar-refractivity contribution is -0.0399. The summed E-state index contributed by atoms with van der Waals surface area (Å²) in [6.07, 6.45) is 7.19. The molecule has 0 radical (unpaired) electrons.